The number of hydrogen-bond acceptors (Lipinski definition) is 8. The number of piperidine rings is 1. The van der Waals surface area contributed by atoms with Gasteiger partial charge in [0.1, 0.15) is 17.4 Å². The highest BCUT2D eigenvalue weighted by Crippen LogP contribution is 2.38. The predicted octanol–water partition coefficient (Wildman–Crippen LogP) is 3.73. The van der Waals surface area contributed by atoms with Crippen molar-refractivity contribution in [3.63, 3.8) is 0 Å². The Hall–Kier alpha value is -3.39. The average molecular weight is 477 g/mol. The van der Waals surface area contributed by atoms with Crippen molar-refractivity contribution in [3.05, 3.63) is 29.6 Å². The quantitative estimate of drug-likeness (QED) is 0.592. The molecule has 182 valence electrons. The molecule has 2 aromatic heterocycles. The summed E-state index contributed by atoms with van der Waals surface area (Å²) in [4.78, 5) is 21.3. The second-order valence-corrected chi connectivity index (χ2v) is 8.31. The van der Waals surface area contributed by atoms with Crippen molar-refractivity contribution in [1.29, 1.82) is 5.26 Å². The third-order valence-electron chi connectivity index (χ3n) is 5.80. The fourth-order valence-corrected chi connectivity index (χ4v) is 3.98. The van der Waals surface area contributed by atoms with Crippen LogP contribution in [0.4, 0.5) is 24.5 Å². The SMILES string of the molecule is CNc1cc(-c2cnc(OCCC3CCN(CC(C)=O)CC3)c(C(F)(F)F)c2)nc(C#N)c1N. The van der Waals surface area contributed by atoms with Crippen molar-refractivity contribution in [2.45, 2.75) is 32.4 Å². The first-order valence-corrected chi connectivity index (χ1v) is 10.9. The van der Waals surface area contributed by atoms with Crippen LogP contribution in [-0.4, -0.2) is 53.9 Å². The van der Waals surface area contributed by atoms with E-state index in [4.69, 9.17) is 10.5 Å². The van der Waals surface area contributed by atoms with E-state index in [0.29, 0.717) is 24.6 Å². The molecule has 3 N–H and O–H groups in total. The highest BCUT2D eigenvalue weighted by atomic mass is 19.4. The van der Waals surface area contributed by atoms with Crippen LogP contribution in [0.1, 0.15) is 37.4 Å². The number of pyridine rings is 2. The normalized spacial score (nSPS) is 15.1. The molecule has 0 bridgehead atoms. The Morgan fingerprint density at radius 3 is 2.65 bits per heavy atom. The van der Waals surface area contributed by atoms with E-state index in [9.17, 15) is 23.2 Å². The van der Waals surface area contributed by atoms with E-state index in [1.165, 1.54) is 12.3 Å². The van der Waals surface area contributed by atoms with Crippen LogP contribution in [0.15, 0.2) is 18.3 Å². The fourth-order valence-electron chi connectivity index (χ4n) is 3.98. The summed E-state index contributed by atoms with van der Waals surface area (Å²) in [5.41, 5.74) is 5.46. The number of alkyl halides is 3. The van der Waals surface area contributed by atoms with Crippen LogP contribution in [-0.2, 0) is 11.0 Å². The van der Waals surface area contributed by atoms with Crippen LogP contribution in [0, 0.1) is 17.2 Å². The third kappa shape index (κ3) is 6.14. The topological polar surface area (TPSA) is 117 Å². The summed E-state index contributed by atoms with van der Waals surface area (Å²) in [6.07, 6.45) is -1.11. The van der Waals surface area contributed by atoms with Gasteiger partial charge in [-0.2, -0.15) is 18.4 Å². The second kappa shape index (κ2) is 10.7. The van der Waals surface area contributed by atoms with Crippen LogP contribution >= 0.6 is 0 Å². The lowest BCUT2D eigenvalue weighted by atomic mass is 9.94. The average Bonchev–Trinajstić information content (AvgIpc) is 2.79. The van der Waals surface area contributed by atoms with Crippen LogP contribution < -0.4 is 15.8 Å². The Bertz CT molecular complexity index is 1080. The van der Waals surface area contributed by atoms with Crippen LogP contribution in [0.3, 0.4) is 0 Å². The van der Waals surface area contributed by atoms with Gasteiger partial charge >= 0.3 is 6.18 Å². The molecule has 34 heavy (non-hydrogen) atoms. The van der Waals surface area contributed by atoms with Gasteiger partial charge in [0.2, 0.25) is 5.88 Å². The molecule has 0 aliphatic carbocycles. The molecule has 1 fully saturated rings. The number of anilines is 2. The van der Waals surface area contributed by atoms with Gasteiger partial charge in [0.05, 0.1) is 30.2 Å². The van der Waals surface area contributed by atoms with Gasteiger partial charge in [-0.15, -0.1) is 0 Å². The summed E-state index contributed by atoms with van der Waals surface area (Å²) in [5.74, 6) is -0.0496. The number of nitrogen functional groups attached to an aromatic ring is 1. The summed E-state index contributed by atoms with van der Waals surface area (Å²) >= 11 is 0. The van der Waals surface area contributed by atoms with Crippen molar-refractivity contribution in [1.82, 2.24) is 14.9 Å². The zero-order chi connectivity index (χ0) is 24.9. The molecule has 0 unspecified atom stereocenters. The van der Waals surface area contributed by atoms with E-state index in [-0.39, 0.29) is 35.0 Å². The number of carbonyl (C=O) groups is 1. The van der Waals surface area contributed by atoms with Crippen molar-refractivity contribution in [2.75, 3.05) is 44.3 Å². The molecule has 0 aromatic carbocycles. The molecule has 0 atom stereocenters. The maximum Gasteiger partial charge on any atom is 0.421 e. The van der Waals surface area contributed by atoms with E-state index < -0.39 is 17.6 Å². The smallest absolute Gasteiger partial charge is 0.421 e. The Balaban J connectivity index is 1.73. The maximum absolute atomic E-state index is 13.8. The molecule has 1 aliphatic rings. The number of nitrogens with one attached hydrogen (secondary N) is 1. The number of carbonyl (C=O) groups excluding carboxylic acids is 1. The second-order valence-electron chi connectivity index (χ2n) is 8.31. The van der Waals surface area contributed by atoms with Gasteiger partial charge in [-0.1, -0.05) is 0 Å². The number of hydrogen-bond donors (Lipinski definition) is 2. The molecule has 3 heterocycles. The number of Topliss-reactive ketones (excluding diaryl/α,β-unsaturated/α-hetero) is 1. The largest absolute Gasteiger partial charge is 0.477 e. The van der Waals surface area contributed by atoms with Gasteiger partial charge in [0, 0.05) is 18.8 Å². The predicted molar refractivity (Wildman–Crippen MR) is 121 cm³/mol. The van der Waals surface area contributed by atoms with Crippen molar-refractivity contribution in [2.24, 2.45) is 5.92 Å². The lowest BCUT2D eigenvalue weighted by Gasteiger charge is -2.31. The Kier molecular flexibility index (Phi) is 7.94. The molecule has 1 aliphatic heterocycles. The Morgan fingerprint density at radius 1 is 1.35 bits per heavy atom. The maximum atomic E-state index is 13.8. The van der Waals surface area contributed by atoms with Gasteiger partial charge in [-0.05, 0) is 57.3 Å². The first-order valence-electron chi connectivity index (χ1n) is 10.9. The van der Waals surface area contributed by atoms with E-state index in [1.807, 2.05) is 6.07 Å². The molecule has 0 radical (unpaired) electrons. The van der Waals surface area contributed by atoms with Gasteiger partial charge in [0.25, 0.3) is 0 Å². The highest BCUT2D eigenvalue weighted by molar-refractivity contribution is 5.78. The highest BCUT2D eigenvalue weighted by Gasteiger charge is 2.36. The van der Waals surface area contributed by atoms with Gasteiger partial charge in [-0.25, -0.2) is 9.97 Å². The molecule has 3 rings (SSSR count). The Morgan fingerprint density at radius 2 is 2.06 bits per heavy atom. The lowest BCUT2D eigenvalue weighted by molar-refractivity contribution is -0.139. The van der Waals surface area contributed by atoms with E-state index in [1.54, 1.807) is 14.0 Å². The van der Waals surface area contributed by atoms with Crippen molar-refractivity contribution < 1.29 is 22.7 Å². The van der Waals surface area contributed by atoms with E-state index in [2.05, 4.69) is 20.2 Å². The fraction of sp³-hybridized carbons (Fsp3) is 0.478. The van der Waals surface area contributed by atoms with Gasteiger partial charge < -0.3 is 15.8 Å². The molecule has 2 aromatic rings. The number of nitrogens with zero attached hydrogens (tertiary/aromatic N) is 4. The number of nitrogens with two attached hydrogens (primary N) is 1. The van der Waals surface area contributed by atoms with Crippen molar-refractivity contribution >= 4 is 17.2 Å². The minimum atomic E-state index is -4.69. The van der Waals surface area contributed by atoms with E-state index >= 15 is 0 Å². The summed E-state index contributed by atoms with van der Waals surface area (Å²) in [7, 11) is 1.58. The zero-order valence-electron chi connectivity index (χ0n) is 19.1. The number of likely N-dealkylation sites (tertiary alicyclic amines) is 1. The third-order valence-corrected chi connectivity index (χ3v) is 5.80. The van der Waals surface area contributed by atoms with Crippen molar-refractivity contribution in [3.8, 4) is 23.2 Å². The zero-order valence-corrected chi connectivity index (χ0v) is 19.1. The molecule has 0 spiro atoms. The first-order chi connectivity index (χ1) is 16.1. The Labute approximate surface area is 195 Å². The summed E-state index contributed by atoms with van der Waals surface area (Å²) < 4.78 is 46.8. The first kappa shape index (κ1) is 25.2. The number of ketones is 1. The van der Waals surface area contributed by atoms with Gasteiger partial charge in [0.15, 0.2) is 5.69 Å². The molecular weight excluding hydrogens is 449 g/mol. The summed E-state index contributed by atoms with van der Waals surface area (Å²) in [6.45, 7) is 3.68. The molecular formula is C23H27F3N6O2. The standard InChI is InChI=1S/C23H27F3N6O2/c1-14(33)13-32-6-3-15(4-7-32)5-8-34-22-17(23(24,25)26)9-16(12-30-22)18-10-19(29-2)21(28)20(11-27)31-18/h9-10,12,15H,3-8,13,28H2,1-2H3,(H,29,31). The molecule has 0 saturated carbocycles. The number of halogens is 3. The molecule has 1 saturated heterocycles. The summed E-state index contributed by atoms with van der Waals surface area (Å²) in [6, 6.07) is 4.23. The lowest BCUT2D eigenvalue weighted by Crippen LogP contribution is -2.37. The molecule has 8 nitrogen and oxygen atoms in total. The van der Waals surface area contributed by atoms with Crippen LogP contribution in [0.2, 0.25) is 0 Å². The van der Waals surface area contributed by atoms with E-state index in [0.717, 1.165) is 32.0 Å². The number of aromatic nitrogens is 2. The monoisotopic (exact) mass is 476 g/mol. The number of nitriles is 1. The van der Waals surface area contributed by atoms with Crippen LogP contribution in [0.5, 0.6) is 5.88 Å². The molecule has 0 amide bonds. The minimum absolute atomic E-state index is 0.0884. The van der Waals surface area contributed by atoms with Crippen LogP contribution in [0.25, 0.3) is 11.3 Å². The molecule has 11 heteroatoms. The number of ether oxygens (including phenoxy) is 1. The minimum Gasteiger partial charge on any atom is -0.477 e. The van der Waals surface area contributed by atoms with Gasteiger partial charge in [-0.3, -0.25) is 9.69 Å². The summed E-state index contributed by atoms with van der Waals surface area (Å²) in [5, 5.41) is 12.0. The number of rotatable bonds is 8.